The van der Waals surface area contributed by atoms with Crippen LogP contribution < -0.4 is 0 Å². The van der Waals surface area contributed by atoms with Crippen molar-refractivity contribution in [2.45, 2.75) is 52.7 Å². The van der Waals surface area contributed by atoms with E-state index in [1.165, 1.54) is 11.1 Å². The van der Waals surface area contributed by atoms with E-state index in [0.717, 1.165) is 37.1 Å². The number of benzene rings is 1. The van der Waals surface area contributed by atoms with Gasteiger partial charge >= 0.3 is 0 Å². The van der Waals surface area contributed by atoms with Gasteiger partial charge in [-0.15, -0.1) is 0 Å². The number of para-hydroxylation sites is 2. The summed E-state index contributed by atoms with van der Waals surface area (Å²) in [6.45, 7) is 7.54. The molecule has 0 spiro atoms. The molecule has 1 unspecified atom stereocenters. The SMILES string of the molecule is CCn1c(CC2=CC(O)CC(C)(C)C2)nc2ccccc21. The molecule has 0 bridgehead atoms. The molecule has 1 N–H and O–H groups in total. The second kappa shape index (κ2) is 5.30. The summed E-state index contributed by atoms with van der Waals surface area (Å²) >= 11 is 0. The summed E-state index contributed by atoms with van der Waals surface area (Å²) in [4.78, 5) is 4.79. The fraction of sp³-hybridized carbons (Fsp3) is 0.500. The van der Waals surface area contributed by atoms with Crippen LogP contribution in [0, 0.1) is 5.41 Å². The van der Waals surface area contributed by atoms with E-state index in [2.05, 4.69) is 43.5 Å². The minimum Gasteiger partial charge on any atom is -0.389 e. The van der Waals surface area contributed by atoms with Crippen LogP contribution in [0.3, 0.4) is 0 Å². The van der Waals surface area contributed by atoms with Crippen LogP contribution in [0.1, 0.15) is 39.4 Å². The predicted octanol–water partition coefficient (Wildman–Crippen LogP) is 3.71. The molecule has 2 aromatic rings. The van der Waals surface area contributed by atoms with Gasteiger partial charge in [-0.25, -0.2) is 4.98 Å². The molecule has 1 aliphatic carbocycles. The van der Waals surface area contributed by atoms with Crippen molar-refractivity contribution in [3.8, 4) is 0 Å². The van der Waals surface area contributed by atoms with Gasteiger partial charge in [0.25, 0.3) is 0 Å². The number of aromatic nitrogens is 2. The van der Waals surface area contributed by atoms with Crippen molar-refractivity contribution in [3.05, 3.63) is 41.7 Å². The summed E-state index contributed by atoms with van der Waals surface area (Å²) in [5.74, 6) is 1.11. The van der Waals surface area contributed by atoms with Crippen LogP contribution in [0.5, 0.6) is 0 Å². The van der Waals surface area contributed by atoms with Crippen LogP contribution in [-0.2, 0) is 13.0 Å². The second-order valence-corrected chi connectivity index (χ2v) is 6.88. The summed E-state index contributed by atoms with van der Waals surface area (Å²) in [5.41, 5.74) is 3.74. The Morgan fingerprint density at radius 3 is 2.81 bits per heavy atom. The molecule has 1 atom stereocenters. The van der Waals surface area contributed by atoms with Crippen molar-refractivity contribution in [2.75, 3.05) is 0 Å². The van der Waals surface area contributed by atoms with E-state index in [9.17, 15) is 5.11 Å². The van der Waals surface area contributed by atoms with E-state index in [4.69, 9.17) is 4.98 Å². The maximum Gasteiger partial charge on any atom is 0.113 e. The highest BCUT2D eigenvalue weighted by Gasteiger charge is 2.28. The van der Waals surface area contributed by atoms with Gasteiger partial charge in [0.2, 0.25) is 0 Å². The number of allylic oxidation sites excluding steroid dienone is 1. The van der Waals surface area contributed by atoms with Gasteiger partial charge < -0.3 is 9.67 Å². The van der Waals surface area contributed by atoms with E-state index in [1.54, 1.807) is 0 Å². The van der Waals surface area contributed by atoms with Crippen LogP contribution in [0.25, 0.3) is 11.0 Å². The van der Waals surface area contributed by atoms with Crippen molar-refractivity contribution in [1.29, 1.82) is 0 Å². The Balaban J connectivity index is 1.95. The molecule has 0 saturated heterocycles. The monoisotopic (exact) mass is 284 g/mol. The number of hydrogen-bond acceptors (Lipinski definition) is 2. The Kier molecular flexibility index (Phi) is 3.62. The lowest BCUT2D eigenvalue weighted by Crippen LogP contribution is -2.25. The Morgan fingerprint density at radius 1 is 1.33 bits per heavy atom. The fourth-order valence-corrected chi connectivity index (χ4v) is 3.58. The average molecular weight is 284 g/mol. The molecule has 0 amide bonds. The molecule has 1 aromatic heterocycles. The molecule has 21 heavy (non-hydrogen) atoms. The van der Waals surface area contributed by atoms with Crippen LogP contribution in [0.2, 0.25) is 0 Å². The summed E-state index contributed by atoms with van der Waals surface area (Å²) in [6, 6.07) is 8.29. The summed E-state index contributed by atoms with van der Waals surface area (Å²) in [6.07, 6.45) is 4.44. The van der Waals surface area contributed by atoms with E-state index in [1.807, 2.05) is 12.1 Å². The zero-order valence-corrected chi connectivity index (χ0v) is 13.1. The molecular formula is C18H24N2O. The van der Waals surface area contributed by atoms with Gasteiger partial charge in [-0.3, -0.25) is 0 Å². The molecule has 1 heterocycles. The first-order valence-corrected chi connectivity index (χ1v) is 7.80. The molecule has 112 valence electrons. The molecule has 1 aromatic carbocycles. The highest BCUT2D eigenvalue weighted by atomic mass is 16.3. The number of aliphatic hydroxyl groups excluding tert-OH is 1. The Labute approximate surface area is 126 Å². The molecule has 0 radical (unpaired) electrons. The zero-order valence-electron chi connectivity index (χ0n) is 13.1. The number of rotatable bonds is 3. The van der Waals surface area contributed by atoms with Crippen LogP contribution in [0.15, 0.2) is 35.9 Å². The van der Waals surface area contributed by atoms with Gasteiger partial charge in [0, 0.05) is 13.0 Å². The highest BCUT2D eigenvalue weighted by molar-refractivity contribution is 5.76. The number of aliphatic hydroxyl groups is 1. The lowest BCUT2D eigenvalue weighted by molar-refractivity contribution is 0.138. The largest absolute Gasteiger partial charge is 0.389 e. The molecule has 1 aliphatic rings. The second-order valence-electron chi connectivity index (χ2n) is 6.88. The summed E-state index contributed by atoms with van der Waals surface area (Å²) < 4.78 is 2.28. The van der Waals surface area contributed by atoms with Gasteiger partial charge in [0.05, 0.1) is 17.1 Å². The quantitative estimate of drug-likeness (QED) is 0.873. The zero-order chi connectivity index (χ0) is 15.0. The molecule has 0 saturated carbocycles. The number of hydrogen-bond donors (Lipinski definition) is 1. The first kappa shape index (κ1) is 14.3. The fourth-order valence-electron chi connectivity index (χ4n) is 3.58. The van der Waals surface area contributed by atoms with Crippen LogP contribution >= 0.6 is 0 Å². The van der Waals surface area contributed by atoms with E-state index < -0.39 is 0 Å². The maximum absolute atomic E-state index is 10.1. The van der Waals surface area contributed by atoms with Crippen molar-refractivity contribution in [3.63, 3.8) is 0 Å². The van der Waals surface area contributed by atoms with Crippen molar-refractivity contribution in [1.82, 2.24) is 9.55 Å². The molecule has 3 rings (SSSR count). The van der Waals surface area contributed by atoms with Gasteiger partial charge in [0.1, 0.15) is 5.82 Å². The number of nitrogens with zero attached hydrogens (tertiary/aromatic N) is 2. The van der Waals surface area contributed by atoms with E-state index >= 15 is 0 Å². The standard InChI is InChI=1S/C18H24N2O/c1-4-20-16-8-6-5-7-15(16)19-17(20)10-13-9-14(21)12-18(2,3)11-13/h5-9,14,21H,4,10-12H2,1-3H3. The predicted molar refractivity (Wildman–Crippen MR) is 86.2 cm³/mol. The van der Waals surface area contributed by atoms with Gasteiger partial charge in [0.15, 0.2) is 0 Å². The van der Waals surface area contributed by atoms with Crippen molar-refractivity contribution >= 4 is 11.0 Å². The van der Waals surface area contributed by atoms with Crippen LogP contribution in [-0.4, -0.2) is 20.8 Å². The average Bonchev–Trinajstić information content (AvgIpc) is 2.73. The smallest absolute Gasteiger partial charge is 0.113 e. The van der Waals surface area contributed by atoms with Crippen molar-refractivity contribution in [2.24, 2.45) is 5.41 Å². The summed E-state index contributed by atoms with van der Waals surface area (Å²) in [5, 5.41) is 10.1. The molecular weight excluding hydrogens is 260 g/mol. The van der Waals surface area contributed by atoms with E-state index in [0.29, 0.717) is 0 Å². The lowest BCUT2D eigenvalue weighted by Gasteiger charge is -2.32. The molecule has 0 fully saturated rings. The van der Waals surface area contributed by atoms with Gasteiger partial charge in [-0.2, -0.15) is 0 Å². The lowest BCUT2D eigenvalue weighted by atomic mass is 9.75. The molecule has 0 aliphatic heterocycles. The van der Waals surface area contributed by atoms with E-state index in [-0.39, 0.29) is 11.5 Å². The molecule has 3 nitrogen and oxygen atoms in total. The first-order chi connectivity index (χ1) is 9.98. The van der Waals surface area contributed by atoms with Gasteiger partial charge in [-0.05, 0) is 37.3 Å². The summed E-state index contributed by atoms with van der Waals surface area (Å²) in [7, 11) is 0. The van der Waals surface area contributed by atoms with Crippen LogP contribution in [0.4, 0.5) is 0 Å². The first-order valence-electron chi connectivity index (χ1n) is 7.80. The highest BCUT2D eigenvalue weighted by Crippen LogP contribution is 2.36. The minimum atomic E-state index is -0.316. The van der Waals surface area contributed by atoms with Gasteiger partial charge in [-0.1, -0.05) is 37.6 Å². The molecule has 3 heteroatoms. The third-order valence-electron chi connectivity index (χ3n) is 4.33. The minimum absolute atomic E-state index is 0.173. The number of fused-ring (bicyclic) bond motifs is 1. The third kappa shape index (κ3) is 2.88. The number of imidazole rings is 1. The van der Waals surface area contributed by atoms with Crippen molar-refractivity contribution < 1.29 is 5.11 Å². The Bertz CT molecular complexity index is 682. The number of aryl methyl sites for hydroxylation is 1. The normalized spacial score (nSPS) is 21.5. The Morgan fingerprint density at radius 2 is 2.10 bits per heavy atom. The Hall–Kier alpha value is -1.61. The maximum atomic E-state index is 10.1. The third-order valence-corrected chi connectivity index (χ3v) is 4.33. The topological polar surface area (TPSA) is 38.0 Å².